The second kappa shape index (κ2) is 7.77. The number of nitrogens with zero attached hydrogens (tertiary/aromatic N) is 3. The molecule has 0 aromatic heterocycles. The molecule has 1 atom stereocenters. The third-order valence-corrected chi connectivity index (χ3v) is 6.99. The Balaban J connectivity index is 1.31. The van der Waals surface area contributed by atoms with Crippen LogP contribution in [-0.4, -0.2) is 78.0 Å². The van der Waals surface area contributed by atoms with Crippen molar-refractivity contribution in [1.29, 1.82) is 0 Å². The van der Waals surface area contributed by atoms with E-state index >= 15 is 0 Å². The topological polar surface area (TPSA) is 107 Å². The minimum Gasteiger partial charge on any atom is -0.366 e. The fraction of sp³-hybridized carbons (Fsp3) is 0.500. The SMILES string of the molecule is O=CC1CCN(C2CN(c3cc4c(cc3F)C(=O)N(C3CCC(=O)NC3=O)C4=O)C2)CC1. The molecule has 1 aromatic carbocycles. The molecule has 9 nitrogen and oxygen atoms in total. The van der Waals surface area contributed by atoms with Crippen molar-refractivity contribution in [2.75, 3.05) is 31.1 Å². The number of amides is 4. The first-order valence-electron chi connectivity index (χ1n) is 10.9. The first-order chi connectivity index (χ1) is 15.4. The molecule has 3 saturated heterocycles. The summed E-state index contributed by atoms with van der Waals surface area (Å²) in [4.78, 5) is 65.2. The molecule has 0 spiro atoms. The molecular weight excluding hydrogens is 419 g/mol. The van der Waals surface area contributed by atoms with Crippen molar-refractivity contribution in [3.8, 4) is 0 Å². The van der Waals surface area contributed by atoms with E-state index in [1.54, 1.807) is 0 Å². The lowest BCUT2D eigenvalue weighted by Gasteiger charge is -2.48. The highest BCUT2D eigenvalue weighted by Gasteiger charge is 2.46. The number of aldehydes is 1. The summed E-state index contributed by atoms with van der Waals surface area (Å²) in [6, 6.07) is 1.65. The van der Waals surface area contributed by atoms with Crippen molar-refractivity contribution in [2.45, 2.75) is 37.8 Å². The maximum atomic E-state index is 14.9. The van der Waals surface area contributed by atoms with E-state index in [1.165, 1.54) is 6.07 Å². The van der Waals surface area contributed by atoms with Crippen LogP contribution in [-0.2, 0) is 14.4 Å². The number of carbonyl (C=O) groups is 5. The minimum atomic E-state index is -1.07. The Hall–Kier alpha value is -3.14. The maximum absolute atomic E-state index is 14.9. The fourth-order valence-corrected chi connectivity index (χ4v) is 5.02. The number of likely N-dealkylation sites (tertiary alicyclic amines) is 1. The summed E-state index contributed by atoms with van der Waals surface area (Å²) in [5.74, 6) is -2.97. The second-order valence-electron chi connectivity index (χ2n) is 8.86. The van der Waals surface area contributed by atoms with Crippen LogP contribution in [0, 0.1) is 11.7 Å². The third-order valence-electron chi connectivity index (χ3n) is 6.99. The van der Waals surface area contributed by atoms with Crippen molar-refractivity contribution in [3.63, 3.8) is 0 Å². The fourth-order valence-electron chi connectivity index (χ4n) is 5.02. The lowest BCUT2D eigenvalue weighted by atomic mass is 9.95. The van der Waals surface area contributed by atoms with Gasteiger partial charge in [-0.15, -0.1) is 0 Å². The number of nitrogens with one attached hydrogen (secondary N) is 1. The maximum Gasteiger partial charge on any atom is 0.262 e. The molecule has 0 aliphatic carbocycles. The number of hydrogen-bond donors (Lipinski definition) is 1. The molecule has 4 aliphatic heterocycles. The molecule has 32 heavy (non-hydrogen) atoms. The van der Waals surface area contributed by atoms with Gasteiger partial charge in [0.15, 0.2) is 0 Å². The molecule has 4 heterocycles. The monoisotopic (exact) mass is 442 g/mol. The molecule has 1 aromatic rings. The molecule has 0 radical (unpaired) electrons. The Kier molecular flexibility index (Phi) is 5.04. The Labute approximate surface area is 183 Å². The van der Waals surface area contributed by atoms with E-state index in [2.05, 4.69) is 10.2 Å². The molecule has 168 valence electrons. The molecule has 1 N–H and O–H groups in total. The van der Waals surface area contributed by atoms with Gasteiger partial charge in [0.1, 0.15) is 18.1 Å². The van der Waals surface area contributed by atoms with Crippen molar-refractivity contribution in [3.05, 3.63) is 29.1 Å². The highest BCUT2D eigenvalue weighted by atomic mass is 19.1. The van der Waals surface area contributed by atoms with Crippen LogP contribution in [0.4, 0.5) is 10.1 Å². The number of fused-ring (bicyclic) bond motifs is 1. The molecule has 0 bridgehead atoms. The first-order valence-corrected chi connectivity index (χ1v) is 10.9. The van der Waals surface area contributed by atoms with Gasteiger partial charge in [0.05, 0.1) is 16.8 Å². The van der Waals surface area contributed by atoms with E-state index in [-0.39, 0.29) is 41.6 Å². The van der Waals surface area contributed by atoms with Crippen LogP contribution in [0.5, 0.6) is 0 Å². The molecule has 1 unspecified atom stereocenters. The quantitative estimate of drug-likeness (QED) is 0.529. The number of piperidine rings is 2. The zero-order valence-electron chi connectivity index (χ0n) is 17.4. The number of rotatable bonds is 4. The molecule has 3 fully saturated rings. The van der Waals surface area contributed by atoms with E-state index in [4.69, 9.17) is 0 Å². The predicted octanol–water partition coefficient (Wildman–Crippen LogP) is 0.326. The van der Waals surface area contributed by atoms with Gasteiger partial charge in [-0.25, -0.2) is 4.39 Å². The molecule has 4 amide bonds. The van der Waals surface area contributed by atoms with E-state index in [9.17, 15) is 28.4 Å². The summed E-state index contributed by atoms with van der Waals surface area (Å²) in [5, 5.41) is 2.15. The average molecular weight is 442 g/mol. The molecule has 10 heteroatoms. The van der Waals surface area contributed by atoms with Gasteiger partial charge in [0, 0.05) is 31.5 Å². The Morgan fingerprint density at radius 2 is 1.62 bits per heavy atom. The van der Waals surface area contributed by atoms with Crippen molar-refractivity contribution in [2.24, 2.45) is 5.92 Å². The summed E-state index contributed by atoms with van der Waals surface area (Å²) in [6.07, 6.45) is 2.77. The predicted molar refractivity (Wildman–Crippen MR) is 109 cm³/mol. The number of halogens is 1. The summed E-state index contributed by atoms with van der Waals surface area (Å²) in [7, 11) is 0. The van der Waals surface area contributed by atoms with Crippen molar-refractivity contribution >= 4 is 35.6 Å². The van der Waals surface area contributed by atoms with Crippen LogP contribution in [0.3, 0.4) is 0 Å². The number of carbonyl (C=O) groups excluding carboxylic acids is 5. The molecule has 0 saturated carbocycles. The van der Waals surface area contributed by atoms with Crippen LogP contribution in [0.1, 0.15) is 46.4 Å². The van der Waals surface area contributed by atoms with Gasteiger partial charge < -0.3 is 9.69 Å². The largest absolute Gasteiger partial charge is 0.366 e. The van der Waals surface area contributed by atoms with Gasteiger partial charge in [0.25, 0.3) is 11.8 Å². The number of imide groups is 2. The van der Waals surface area contributed by atoms with Crippen LogP contribution in [0.2, 0.25) is 0 Å². The summed E-state index contributed by atoms with van der Waals surface area (Å²) in [6.45, 7) is 2.87. The van der Waals surface area contributed by atoms with E-state index in [1.807, 2.05) is 4.90 Å². The second-order valence-corrected chi connectivity index (χ2v) is 8.86. The standard InChI is InChI=1S/C22H23FN4O5/c23-16-7-14-15(22(32)27(21(14)31)17-1-2-19(29)24-20(17)30)8-18(16)26-9-13(10-26)25-5-3-12(11-28)4-6-25/h7-8,11-13,17H,1-6,9-10H2,(H,24,29,30). The van der Waals surface area contributed by atoms with Crippen LogP contribution >= 0.6 is 0 Å². The molecular formula is C22H23FN4O5. The Bertz CT molecular complexity index is 1030. The zero-order valence-corrected chi connectivity index (χ0v) is 17.4. The number of anilines is 1. The van der Waals surface area contributed by atoms with Gasteiger partial charge in [-0.2, -0.15) is 0 Å². The minimum absolute atomic E-state index is 0.0304. The average Bonchev–Trinajstić information content (AvgIpc) is 2.97. The van der Waals surface area contributed by atoms with Gasteiger partial charge in [-0.1, -0.05) is 0 Å². The normalized spacial score (nSPS) is 25.1. The highest BCUT2D eigenvalue weighted by molar-refractivity contribution is 6.23. The third kappa shape index (κ3) is 3.29. The molecule has 5 rings (SSSR count). The lowest BCUT2D eigenvalue weighted by molar-refractivity contribution is -0.136. The van der Waals surface area contributed by atoms with E-state index in [0.717, 1.165) is 43.2 Å². The van der Waals surface area contributed by atoms with Gasteiger partial charge >= 0.3 is 0 Å². The van der Waals surface area contributed by atoms with Gasteiger partial charge in [0.2, 0.25) is 11.8 Å². The smallest absolute Gasteiger partial charge is 0.262 e. The van der Waals surface area contributed by atoms with Gasteiger partial charge in [-0.05, 0) is 44.5 Å². The number of benzene rings is 1. The van der Waals surface area contributed by atoms with Crippen molar-refractivity contribution < 1.29 is 28.4 Å². The Morgan fingerprint density at radius 3 is 2.25 bits per heavy atom. The summed E-state index contributed by atoms with van der Waals surface area (Å²) < 4.78 is 14.9. The van der Waals surface area contributed by atoms with Crippen LogP contribution < -0.4 is 10.2 Å². The summed E-state index contributed by atoms with van der Waals surface area (Å²) >= 11 is 0. The highest BCUT2D eigenvalue weighted by Crippen LogP contribution is 2.35. The Morgan fingerprint density at radius 1 is 0.969 bits per heavy atom. The number of hydrogen-bond acceptors (Lipinski definition) is 7. The van der Waals surface area contributed by atoms with E-state index < -0.39 is 35.5 Å². The van der Waals surface area contributed by atoms with Crippen LogP contribution in [0.15, 0.2) is 12.1 Å². The van der Waals surface area contributed by atoms with Crippen LogP contribution in [0.25, 0.3) is 0 Å². The summed E-state index contributed by atoms with van der Waals surface area (Å²) in [5.41, 5.74) is 0.273. The van der Waals surface area contributed by atoms with Gasteiger partial charge in [-0.3, -0.25) is 34.3 Å². The lowest BCUT2D eigenvalue weighted by Crippen LogP contribution is -2.61. The molecule has 4 aliphatic rings. The first kappa shape index (κ1) is 20.7. The van der Waals surface area contributed by atoms with E-state index in [0.29, 0.717) is 13.1 Å². The van der Waals surface area contributed by atoms with Crippen molar-refractivity contribution in [1.82, 2.24) is 15.1 Å². The zero-order chi connectivity index (χ0) is 22.6.